The summed E-state index contributed by atoms with van der Waals surface area (Å²) in [6.07, 6.45) is 4.88. The van der Waals surface area contributed by atoms with Gasteiger partial charge in [-0.15, -0.1) is 10.2 Å². The Morgan fingerprint density at radius 2 is 1.81 bits per heavy atom. The van der Waals surface area contributed by atoms with E-state index in [1.165, 1.54) is 11.8 Å². The molecule has 0 aliphatic carbocycles. The molecule has 1 aromatic carbocycles. The number of nitrogens with zero attached hydrogens (tertiary/aromatic N) is 3. The summed E-state index contributed by atoms with van der Waals surface area (Å²) in [6, 6.07) is 10.1. The van der Waals surface area contributed by atoms with Gasteiger partial charge >= 0.3 is 0 Å². The first-order valence-electron chi connectivity index (χ1n) is 10.9. The molecule has 0 radical (unpaired) electrons. The van der Waals surface area contributed by atoms with Crippen LogP contribution in [0.1, 0.15) is 51.1 Å². The van der Waals surface area contributed by atoms with E-state index < -0.39 is 0 Å². The Bertz CT molecular complexity index is 1210. The van der Waals surface area contributed by atoms with Crippen molar-refractivity contribution in [3.05, 3.63) is 53.5 Å². The Morgan fingerprint density at radius 3 is 2.45 bits per heavy atom. The average Bonchev–Trinajstić information content (AvgIpc) is 3.39. The van der Waals surface area contributed by atoms with E-state index in [1.54, 1.807) is 6.26 Å². The van der Waals surface area contributed by atoms with Crippen molar-refractivity contribution in [3.63, 3.8) is 0 Å². The van der Waals surface area contributed by atoms with Crippen LogP contribution in [-0.4, -0.2) is 25.8 Å². The van der Waals surface area contributed by atoms with E-state index >= 15 is 0 Å². The number of hydrogen-bond donors (Lipinski definition) is 1. The molecule has 1 N–H and O–H groups in total. The second-order valence-electron chi connectivity index (χ2n) is 7.47. The van der Waals surface area contributed by atoms with Crippen molar-refractivity contribution in [3.8, 4) is 0 Å². The van der Waals surface area contributed by atoms with Gasteiger partial charge in [0.2, 0.25) is 5.91 Å². The molecule has 31 heavy (non-hydrogen) atoms. The Balaban J connectivity index is 1.66. The van der Waals surface area contributed by atoms with Crippen molar-refractivity contribution in [1.82, 2.24) is 14.6 Å². The van der Waals surface area contributed by atoms with Gasteiger partial charge in [-0.1, -0.05) is 57.7 Å². The first-order valence-corrected chi connectivity index (χ1v) is 11.8. The van der Waals surface area contributed by atoms with Crippen LogP contribution in [0.15, 0.2) is 46.0 Å². The van der Waals surface area contributed by atoms with Gasteiger partial charge in [0.05, 0.1) is 22.5 Å². The van der Waals surface area contributed by atoms with E-state index in [2.05, 4.69) is 58.9 Å². The number of benzene rings is 1. The maximum atomic E-state index is 13.3. The monoisotopic (exact) mass is 436 g/mol. The van der Waals surface area contributed by atoms with Crippen LogP contribution in [0.25, 0.3) is 16.6 Å². The largest absolute Gasteiger partial charge is 0.463 e. The zero-order chi connectivity index (χ0) is 22.0. The van der Waals surface area contributed by atoms with Gasteiger partial charge in [0.25, 0.3) is 0 Å². The van der Waals surface area contributed by atoms with Gasteiger partial charge in [-0.2, -0.15) is 0 Å². The minimum Gasteiger partial charge on any atom is -0.463 e. The third-order valence-corrected chi connectivity index (χ3v) is 6.98. The summed E-state index contributed by atoms with van der Waals surface area (Å²) in [5.41, 5.74) is 5.98. The molecule has 1 atom stereocenters. The van der Waals surface area contributed by atoms with Crippen molar-refractivity contribution in [2.45, 2.75) is 63.7 Å². The number of anilines is 1. The molecule has 0 aliphatic rings. The lowest BCUT2D eigenvalue weighted by molar-refractivity contribution is -0.115. The van der Waals surface area contributed by atoms with Gasteiger partial charge in [0, 0.05) is 24.2 Å². The van der Waals surface area contributed by atoms with Gasteiger partial charge in [-0.25, -0.2) is 0 Å². The molecule has 6 nitrogen and oxygen atoms in total. The molecule has 3 aromatic heterocycles. The van der Waals surface area contributed by atoms with Crippen molar-refractivity contribution < 1.29 is 9.21 Å². The highest BCUT2D eigenvalue weighted by atomic mass is 32.2. The van der Waals surface area contributed by atoms with Crippen LogP contribution in [0.5, 0.6) is 0 Å². The smallest absolute Gasteiger partial charge is 0.237 e. The minimum absolute atomic E-state index is 0.00198. The van der Waals surface area contributed by atoms with Crippen LogP contribution in [-0.2, 0) is 24.1 Å². The first kappa shape index (κ1) is 21.4. The highest BCUT2D eigenvalue weighted by Gasteiger charge is 2.23. The molecule has 0 fully saturated rings. The van der Waals surface area contributed by atoms with Crippen LogP contribution >= 0.6 is 11.8 Å². The molecule has 3 heterocycles. The molecule has 0 aliphatic heterocycles. The fourth-order valence-corrected chi connectivity index (χ4v) is 4.90. The molecular formula is C24H28N4O2S. The lowest BCUT2D eigenvalue weighted by Gasteiger charge is -2.19. The second kappa shape index (κ2) is 9.14. The van der Waals surface area contributed by atoms with E-state index in [-0.39, 0.29) is 11.2 Å². The number of para-hydroxylation sites is 1. The Hall–Kier alpha value is -2.80. The van der Waals surface area contributed by atoms with Gasteiger partial charge < -0.3 is 9.73 Å². The molecule has 0 spiro atoms. The average molecular weight is 437 g/mol. The molecule has 0 saturated carbocycles. The SMILES string of the molecule is CCc1cccc(CC)c1NC(=O)[C@@H](CC)Sc1nnc(CC)n2c1cc1occc12. The molecule has 0 bridgehead atoms. The number of nitrogens with one attached hydrogen (secondary N) is 1. The van der Waals surface area contributed by atoms with Crippen LogP contribution in [0, 0.1) is 0 Å². The molecule has 0 saturated heterocycles. The van der Waals surface area contributed by atoms with Crippen LogP contribution in [0.4, 0.5) is 5.69 Å². The standard InChI is InChI=1S/C24H28N4O2S/c1-5-15-10-9-11-16(6-2)22(15)25-23(29)20(7-3)31-24-18-14-19-17(12-13-30-19)28(18)21(8-4)26-27-24/h9-14,20H,5-8H2,1-4H3,(H,25,29)/t20-/m1/s1. The van der Waals surface area contributed by atoms with E-state index in [1.807, 2.05) is 19.1 Å². The third-order valence-electron chi connectivity index (χ3n) is 5.64. The van der Waals surface area contributed by atoms with E-state index in [0.29, 0.717) is 6.42 Å². The maximum absolute atomic E-state index is 13.3. The normalized spacial score (nSPS) is 12.5. The first-order chi connectivity index (χ1) is 15.1. The number of carbonyl (C=O) groups is 1. The number of fused-ring (bicyclic) bond motifs is 3. The van der Waals surface area contributed by atoms with Crippen molar-refractivity contribution in [2.75, 3.05) is 5.32 Å². The lowest BCUT2D eigenvalue weighted by Crippen LogP contribution is -2.26. The summed E-state index contributed by atoms with van der Waals surface area (Å²) >= 11 is 1.46. The molecular weight excluding hydrogens is 408 g/mol. The highest BCUT2D eigenvalue weighted by Crippen LogP contribution is 2.33. The summed E-state index contributed by atoms with van der Waals surface area (Å²) in [7, 11) is 0. The van der Waals surface area contributed by atoms with Crippen LogP contribution in [0.2, 0.25) is 0 Å². The molecule has 4 aromatic rings. The molecule has 0 unspecified atom stereocenters. The molecule has 7 heteroatoms. The van der Waals surface area contributed by atoms with Crippen LogP contribution < -0.4 is 5.32 Å². The van der Waals surface area contributed by atoms with E-state index in [0.717, 1.165) is 63.5 Å². The van der Waals surface area contributed by atoms with Crippen LogP contribution in [0.3, 0.4) is 0 Å². The summed E-state index contributed by atoms with van der Waals surface area (Å²) < 4.78 is 7.68. The number of hydrogen-bond acceptors (Lipinski definition) is 5. The molecule has 1 amide bonds. The quantitative estimate of drug-likeness (QED) is 0.360. The number of rotatable bonds is 8. The van der Waals surface area contributed by atoms with Gasteiger partial charge in [0.1, 0.15) is 10.9 Å². The zero-order valence-electron chi connectivity index (χ0n) is 18.4. The van der Waals surface area contributed by atoms with Gasteiger partial charge in [-0.3, -0.25) is 9.20 Å². The number of carbonyl (C=O) groups excluding carboxylic acids is 1. The van der Waals surface area contributed by atoms with Crippen molar-refractivity contribution in [2.24, 2.45) is 0 Å². The molecule has 4 rings (SSSR count). The fourth-order valence-electron chi connectivity index (χ4n) is 3.94. The van der Waals surface area contributed by atoms with Crippen molar-refractivity contribution >= 4 is 40.0 Å². The lowest BCUT2D eigenvalue weighted by atomic mass is 10.0. The summed E-state index contributed by atoms with van der Waals surface area (Å²) in [6.45, 7) is 8.31. The second-order valence-corrected chi connectivity index (χ2v) is 8.66. The predicted octanol–water partition coefficient (Wildman–Crippen LogP) is 5.67. The summed E-state index contributed by atoms with van der Waals surface area (Å²) in [5.74, 6) is 0.871. The van der Waals surface area contributed by atoms with E-state index in [4.69, 9.17) is 4.42 Å². The number of aryl methyl sites for hydroxylation is 3. The predicted molar refractivity (Wildman–Crippen MR) is 126 cm³/mol. The Labute approximate surface area is 186 Å². The molecule has 162 valence electrons. The number of aromatic nitrogens is 3. The third kappa shape index (κ3) is 3.94. The minimum atomic E-state index is -0.276. The number of furan rings is 1. The Kier molecular flexibility index (Phi) is 6.32. The maximum Gasteiger partial charge on any atom is 0.237 e. The summed E-state index contributed by atoms with van der Waals surface area (Å²) in [4.78, 5) is 13.3. The Morgan fingerprint density at radius 1 is 1.06 bits per heavy atom. The van der Waals surface area contributed by atoms with Gasteiger partial charge in [-0.05, 0) is 30.4 Å². The summed E-state index contributed by atoms with van der Waals surface area (Å²) in [5, 5.41) is 12.6. The number of thioether (sulfide) groups is 1. The van der Waals surface area contributed by atoms with Crippen molar-refractivity contribution in [1.29, 1.82) is 0 Å². The number of amides is 1. The van der Waals surface area contributed by atoms with Gasteiger partial charge in [0.15, 0.2) is 5.58 Å². The fraction of sp³-hybridized carbons (Fsp3) is 0.375. The highest BCUT2D eigenvalue weighted by molar-refractivity contribution is 8.00. The van der Waals surface area contributed by atoms with E-state index in [9.17, 15) is 4.79 Å². The zero-order valence-corrected chi connectivity index (χ0v) is 19.3. The topological polar surface area (TPSA) is 72.4 Å².